The molecule has 0 saturated carbocycles. The lowest BCUT2D eigenvalue weighted by Gasteiger charge is -2.28. The van der Waals surface area contributed by atoms with E-state index < -0.39 is 0 Å². The number of hydrogen-bond donors (Lipinski definition) is 1. The summed E-state index contributed by atoms with van der Waals surface area (Å²) in [5, 5.41) is 3.49. The Morgan fingerprint density at radius 1 is 1.06 bits per heavy atom. The predicted molar refractivity (Wildman–Crippen MR) is 141 cm³/mol. The highest BCUT2D eigenvalue weighted by molar-refractivity contribution is 7.04. The van der Waals surface area contributed by atoms with Crippen LogP contribution in [0.25, 0.3) is 5.70 Å². The summed E-state index contributed by atoms with van der Waals surface area (Å²) < 4.78 is 3.84. The van der Waals surface area contributed by atoms with E-state index in [9.17, 15) is 0 Å². The van der Waals surface area contributed by atoms with E-state index in [-0.39, 0.29) is 5.41 Å². The normalized spacial score (nSPS) is 10.8. The van der Waals surface area contributed by atoms with Crippen LogP contribution in [0, 0.1) is 19.3 Å². The Hall–Kier alpha value is -2.18. The second kappa shape index (κ2) is 12.6. The molecule has 2 nitrogen and oxygen atoms in total. The van der Waals surface area contributed by atoms with Gasteiger partial charge in [0.25, 0.3) is 0 Å². The zero-order valence-corrected chi connectivity index (χ0v) is 21.6. The first-order valence-corrected chi connectivity index (χ1v) is 11.6. The third-order valence-electron chi connectivity index (χ3n) is 5.73. The number of benzene rings is 2. The van der Waals surface area contributed by atoms with E-state index in [2.05, 4.69) is 111 Å². The minimum atomic E-state index is 0.174. The summed E-state index contributed by atoms with van der Waals surface area (Å²) in [6.07, 6.45) is 2.36. The monoisotopic (exact) mass is 436 g/mol. The number of hydrogen-bond acceptors (Lipinski definition) is 2. The van der Waals surface area contributed by atoms with Crippen LogP contribution in [0.3, 0.4) is 0 Å². The summed E-state index contributed by atoms with van der Waals surface area (Å²) in [7, 11) is 3.07. The molecule has 0 saturated heterocycles. The van der Waals surface area contributed by atoms with Crippen molar-refractivity contribution < 1.29 is 0 Å². The van der Waals surface area contributed by atoms with Crippen molar-refractivity contribution in [3.05, 3.63) is 89.1 Å². The molecule has 0 spiro atoms. The van der Waals surface area contributed by atoms with Gasteiger partial charge >= 0.3 is 0 Å². The van der Waals surface area contributed by atoms with Gasteiger partial charge in [-0.2, -0.15) is 0 Å². The largest absolute Gasteiger partial charge is 0.384 e. The first-order chi connectivity index (χ1) is 14.5. The molecule has 0 aliphatic heterocycles. The molecule has 0 fully saturated rings. The quantitative estimate of drug-likeness (QED) is 0.390. The van der Waals surface area contributed by atoms with Gasteiger partial charge in [-0.05, 0) is 57.5 Å². The maximum absolute atomic E-state index is 4.20. The van der Waals surface area contributed by atoms with Crippen molar-refractivity contribution in [2.75, 3.05) is 0 Å². The Morgan fingerprint density at radius 3 is 2.16 bits per heavy atom. The highest BCUT2D eigenvalue weighted by atomic mass is 31.0. The Kier molecular flexibility index (Phi) is 10.9. The maximum Gasteiger partial charge on any atom is 0.0672 e. The molecule has 2 rings (SSSR count). The molecule has 0 aromatic heterocycles. The van der Waals surface area contributed by atoms with Crippen LogP contribution in [0.5, 0.6) is 0 Å². The molecule has 0 amide bonds. The molecule has 0 aliphatic carbocycles. The highest BCUT2D eigenvalue weighted by Crippen LogP contribution is 2.29. The van der Waals surface area contributed by atoms with Gasteiger partial charge in [0.05, 0.1) is 5.70 Å². The van der Waals surface area contributed by atoms with Crippen molar-refractivity contribution in [2.24, 2.45) is 10.2 Å². The zero-order chi connectivity index (χ0) is 23.6. The van der Waals surface area contributed by atoms with Gasteiger partial charge in [-0.25, -0.2) is 4.74 Å². The lowest BCUT2D eigenvalue weighted by Crippen LogP contribution is -2.25. The summed E-state index contributed by atoms with van der Waals surface area (Å²) in [5.74, 6) is 0.572. The fraction of sp³-hybridized carbons (Fsp3) is 0.429. The van der Waals surface area contributed by atoms with Crippen molar-refractivity contribution in [1.29, 1.82) is 0 Å². The summed E-state index contributed by atoms with van der Waals surface area (Å²) in [4.78, 5) is 0. The summed E-state index contributed by atoms with van der Waals surface area (Å²) in [6, 6.07) is 14.9. The van der Waals surface area contributed by atoms with Gasteiger partial charge in [-0.15, -0.1) is 0 Å². The molecule has 0 heterocycles. The Balaban J connectivity index is 0.000000327. The summed E-state index contributed by atoms with van der Waals surface area (Å²) in [6.45, 7) is 24.3. The molecule has 31 heavy (non-hydrogen) atoms. The second-order valence-electron chi connectivity index (χ2n) is 9.23. The van der Waals surface area contributed by atoms with Crippen LogP contribution >= 0.6 is 9.03 Å². The number of allylic oxidation sites excluding steroid dienone is 1. The molecule has 3 heteroatoms. The van der Waals surface area contributed by atoms with E-state index in [0.717, 1.165) is 23.5 Å². The first-order valence-electron chi connectivity index (χ1n) is 11.2. The van der Waals surface area contributed by atoms with Crippen LogP contribution in [-0.2, 0) is 6.54 Å². The lowest BCUT2D eigenvalue weighted by atomic mass is 9.85. The van der Waals surface area contributed by atoms with E-state index in [1.54, 1.807) is 0 Å². The molecule has 0 bridgehead atoms. The summed E-state index contributed by atoms with van der Waals surface area (Å²) >= 11 is 0. The third kappa shape index (κ3) is 8.83. The lowest BCUT2D eigenvalue weighted by molar-refractivity contribution is 0.376. The highest BCUT2D eigenvalue weighted by Gasteiger charge is 2.20. The molecule has 0 radical (unpaired) electrons. The van der Waals surface area contributed by atoms with E-state index in [1.807, 2.05) is 12.1 Å². The van der Waals surface area contributed by atoms with Gasteiger partial charge < -0.3 is 5.32 Å². The molecule has 2 aromatic carbocycles. The van der Waals surface area contributed by atoms with Gasteiger partial charge in [0, 0.05) is 17.7 Å². The van der Waals surface area contributed by atoms with E-state index in [1.165, 1.54) is 35.1 Å². The Morgan fingerprint density at radius 2 is 1.68 bits per heavy atom. The molecule has 168 valence electrons. The third-order valence-corrected chi connectivity index (χ3v) is 6.00. The number of rotatable bonds is 9. The van der Waals surface area contributed by atoms with Crippen LogP contribution in [0.1, 0.15) is 81.2 Å². The summed E-state index contributed by atoms with van der Waals surface area (Å²) in [5.41, 5.74) is 8.49. The van der Waals surface area contributed by atoms with Crippen LogP contribution in [0.15, 0.2) is 66.1 Å². The first kappa shape index (κ1) is 26.9. The van der Waals surface area contributed by atoms with E-state index in [4.69, 9.17) is 0 Å². The van der Waals surface area contributed by atoms with Gasteiger partial charge in [-0.3, -0.25) is 0 Å². The number of nitrogens with zero attached hydrogens (tertiary/aromatic N) is 1. The van der Waals surface area contributed by atoms with Gasteiger partial charge in [0.15, 0.2) is 0 Å². The van der Waals surface area contributed by atoms with Gasteiger partial charge in [0.1, 0.15) is 0 Å². The van der Waals surface area contributed by atoms with Crippen LogP contribution in [-0.4, -0.2) is 0 Å². The zero-order valence-electron chi connectivity index (χ0n) is 20.6. The minimum absolute atomic E-state index is 0.174. The number of nitrogens with one attached hydrogen (secondary N) is 1. The molecular formula is C28H41N2P. The van der Waals surface area contributed by atoms with Gasteiger partial charge in [-0.1, -0.05) is 102 Å². The number of aryl methyl sites for hydroxylation is 2. The molecule has 2 aromatic rings. The second-order valence-corrected chi connectivity index (χ2v) is 9.45. The molecular weight excluding hydrogens is 395 g/mol. The average molecular weight is 437 g/mol. The van der Waals surface area contributed by atoms with Crippen molar-refractivity contribution in [2.45, 2.75) is 73.8 Å². The van der Waals surface area contributed by atoms with E-state index in [0.29, 0.717) is 5.92 Å². The minimum Gasteiger partial charge on any atom is -0.384 e. The molecule has 0 atom stereocenters. The van der Waals surface area contributed by atoms with Gasteiger partial charge in [0.2, 0.25) is 0 Å². The van der Waals surface area contributed by atoms with Crippen molar-refractivity contribution in [1.82, 2.24) is 5.32 Å². The standard InChI is InChI=1S/C17H27N.C11H14NP/c1-7-10-17(5,6)15(4)18-12-16-9-8-13(2)11-14(16)3;1-8(2)10-4-6-11(7-5-10)9(3)12-13/h8-9,11,18H,4,7,10,12H2,1-3,5-6H3;4-8,13H,3H2,1-2H3. The van der Waals surface area contributed by atoms with E-state index >= 15 is 0 Å². The average Bonchev–Trinajstić information content (AvgIpc) is 2.72. The fourth-order valence-corrected chi connectivity index (χ4v) is 3.52. The van der Waals surface area contributed by atoms with Crippen molar-refractivity contribution in [3.8, 4) is 0 Å². The SMILES string of the molecule is C=C(N=P)c1ccc(C(C)C)cc1.C=C(NCc1ccc(C)cc1C)C(C)(C)CCC. The fourth-order valence-electron chi connectivity index (χ4n) is 3.39. The van der Waals surface area contributed by atoms with Crippen LogP contribution in [0.2, 0.25) is 0 Å². The molecule has 0 aliphatic rings. The van der Waals surface area contributed by atoms with Crippen molar-refractivity contribution in [3.63, 3.8) is 0 Å². The maximum atomic E-state index is 4.20. The molecule has 0 unspecified atom stereocenters. The van der Waals surface area contributed by atoms with Crippen LogP contribution < -0.4 is 5.32 Å². The van der Waals surface area contributed by atoms with Crippen molar-refractivity contribution >= 4 is 14.7 Å². The smallest absolute Gasteiger partial charge is 0.0672 e. The predicted octanol–water partition coefficient (Wildman–Crippen LogP) is 8.84. The topological polar surface area (TPSA) is 24.4 Å². The van der Waals surface area contributed by atoms with Crippen LogP contribution in [0.4, 0.5) is 0 Å². The molecule has 1 N–H and O–H groups in total. The Labute approximate surface area is 193 Å². The Bertz CT molecular complexity index is 876.